The Morgan fingerprint density at radius 3 is 2.52 bits per heavy atom. The van der Waals surface area contributed by atoms with E-state index >= 15 is 0 Å². The second-order valence-electron chi connectivity index (χ2n) is 8.31. The van der Waals surface area contributed by atoms with Crippen molar-refractivity contribution >= 4 is 28.9 Å². The highest BCUT2D eigenvalue weighted by molar-refractivity contribution is 5.94. The highest BCUT2D eigenvalue weighted by atomic mass is 16.1. The molecule has 1 amide bonds. The summed E-state index contributed by atoms with van der Waals surface area (Å²) in [5, 5.41) is 7.52. The molecule has 0 aliphatic carbocycles. The summed E-state index contributed by atoms with van der Waals surface area (Å²) in [4.78, 5) is 19.1. The van der Waals surface area contributed by atoms with Gasteiger partial charge >= 0.3 is 0 Å². The number of benzene rings is 2. The summed E-state index contributed by atoms with van der Waals surface area (Å²) in [7, 11) is 0. The third kappa shape index (κ3) is 4.73. The molecule has 4 aromatic rings. The van der Waals surface area contributed by atoms with Crippen LogP contribution in [0.15, 0.2) is 72.9 Å². The van der Waals surface area contributed by atoms with Crippen LogP contribution in [0.25, 0.3) is 5.65 Å². The molecule has 0 aliphatic heterocycles. The van der Waals surface area contributed by atoms with Crippen molar-refractivity contribution in [2.24, 2.45) is 5.73 Å². The van der Waals surface area contributed by atoms with Gasteiger partial charge in [-0.2, -0.15) is 4.98 Å². The minimum absolute atomic E-state index is 0.155. The Kier molecular flexibility index (Phi) is 5.44. The summed E-state index contributed by atoms with van der Waals surface area (Å²) in [6.45, 7) is 6.19. The van der Waals surface area contributed by atoms with Crippen molar-refractivity contribution < 1.29 is 4.79 Å². The van der Waals surface area contributed by atoms with Crippen LogP contribution in [-0.2, 0) is 0 Å². The lowest BCUT2D eigenvalue weighted by atomic mass is 10.1. The third-order valence-electron chi connectivity index (χ3n) is 4.78. The van der Waals surface area contributed by atoms with Gasteiger partial charge in [-0.05, 0) is 74.9 Å². The van der Waals surface area contributed by atoms with E-state index in [0.717, 1.165) is 22.6 Å². The van der Waals surface area contributed by atoms with Gasteiger partial charge in [-0.15, -0.1) is 5.10 Å². The lowest BCUT2D eigenvalue weighted by Crippen LogP contribution is -2.45. The SMILES string of the molecule is Cc1cccc(N(c2ccc(C(=O)NCC(C)(C)N)cc2)c2nc3ccccn3n2)c1. The number of aromatic nitrogens is 3. The first-order valence-electron chi connectivity index (χ1n) is 10.2. The number of hydrogen-bond acceptors (Lipinski definition) is 5. The Morgan fingerprint density at radius 1 is 1.06 bits per heavy atom. The first-order valence-corrected chi connectivity index (χ1v) is 10.2. The van der Waals surface area contributed by atoms with E-state index in [1.807, 2.05) is 80.4 Å². The molecule has 0 bridgehead atoms. The fourth-order valence-corrected chi connectivity index (χ4v) is 3.23. The van der Waals surface area contributed by atoms with E-state index in [4.69, 9.17) is 10.7 Å². The maximum absolute atomic E-state index is 12.5. The number of nitrogens with one attached hydrogen (secondary N) is 1. The molecule has 0 atom stereocenters. The normalized spacial score (nSPS) is 11.5. The van der Waals surface area contributed by atoms with Crippen molar-refractivity contribution in [3.63, 3.8) is 0 Å². The van der Waals surface area contributed by atoms with Gasteiger partial charge in [-0.1, -0.05) is 18.2 Å². The number of amides is 1. The summed E-state index contributed by atoms with van der Waals surface area (Å²) in [5.41, 5.74) is 9.76. The maximum Gasteiger partial charge on any atom is 0.254 e. The number of pyridine rings is 1. The lowest BCUT2D eigenvalue weighted by Gasteiger charge is -2.22. The van der Waals surface area contributed by atoms with Gasteiger partial charge < -0.3 is 11.1 Å². The number of anilines is 3. The number of carbonyl (C=O) groups is 1. The van der Waals surface area contributed by atoms with Crippen LogP contribution in [-0.4, -0.2) is 32.6 Å². The highest BCUT2D eigenvalue weighted by Crippen LogP contribution is 2.33. The Hall–Kier alpha value is -3.71. The summed E-state index contributed by atoms with van der Waals surface area (Å²) < 4.78 is 1.74. The Bertz CT molecular complexity index is 1170. The van der Waals surface area contributed by atoms with Gasteiger partial charge in [0, 0.05) is 35.2 Å². The number of fused-ring (bicyclic) bond motifs is 1. The van der Waals surface area contributed by atoms with Crippen LogP contribution in [0.2, 0.25) is 0 Å². The number of nitrogens with zero attached hydrogens (tertiary/aromatic N) is 4. The van der Waals surface area contributed by atoms with Crippen LogP contribution in [0.4, 0.5) is 17.3 Å². The smallest absolute Gasteiger partial charge is 0.254 e. The van der Waals surface area contributed by atoms with Gasteiger partial charge in [0.25, 0.3) is 11.9 Å². The van der Waals surface area contributed by atoms with Crippen molar-refractivity contribution in [1.29, 1.82) is 0 Å². The molecular weight excluding hydrogens is 388 g/mol. The second kappa shape index (κ2) is 8.20. The predicted molar refractivity (Wildman–Crippen MR) is 123 cm³/mol. The molecule has 7 heteroatoms. The molecule has 0 fully saturated rings. The standard InChI is InChI=1S/C24H26N6O/c1-17-7-6-8-20(15-17)30(23-27-21-9-4-5-14-29(21)28-23)19-12-10-18(11-13-19)22(31)26-16-24(2,3)25/h4-15H,16,25H2,1-3H3,(H,26,31). The van der Waals surface area contributed by atoms with Gasteiger partial charge in [0.1, 0.15) is 0 Å². The number of carbonyl (C=O) groups excluding carboxylic acids is 1. The molecule has 0 saturated carbocycles. The zero-order valence-electron chi connectivity index (χ0n) is 17.9. The topological polar surface area (TPSA) is 88.5 Å². The molecular formula is C24H26N6O. The minimum atomic E-state index is -0.466. The van der Waals surface area contributed by atoms with Gasteiger partial charge in [-0.25, -0.2) is 4.52 Å². The quantitative estimate of drug-likeness (QED) is 0.498. The third-order valence-corrected chi connectivity index (χ3v) is 4.78. The first kappa shape index (κ1) is 20.6. The van der Waals surface area contributed by atoms with Crippen LogP contribution >= 0.6 is 0 Å². The molecule has 2 aromatic heterocycles. The lowest BCUT2D eigenvalue weighted by molar-refractivity contribution is 0.0946. The number of aryl methyl sites for hydroxylation is 1. The summed E-state index contributed by atoms with van der Waals surface area (Å²) >= 11 is 0. The highest BCUT2D eigenvalue weighted by Gasteiger charge is 2.19. The van der Waals surface area contributed by atoms with Gasteiger partial charge in [0.2, 0.25) is 0 Å². The molecule has 0 aliphatic rings. The van der Waals surface area contributed by atoms with E-state index in [0.29, 0.717) is 18.1 Å². The zero-order chi connectivity index (χ0) is 22.0. The Labute approximate surface area is 181 Å². The van der Waals surface area contributed by atoms with Crippen molar-refractivity contribution in [1.82, 2.24) is 19.9 Å². The average Bonchev–Trinajstić information content (AvgIpc) is 3.16. The molecule has 31 heavy (non-hydrogen) atoms. The van der Waals surface area contributed by atoms with Gasteiger partial charge in [-0.3, -0.25) is 9.69 Å². The summed E-state index contributed by atoms with van der Waals surface area (Å²) in [6.07, 6.45) is 1.87. The fraction of sp³-hybridized carbons (Fsp3) is 0.208. The Balaban J connectivity index is 1.69. The maximum atomic E-state index is 12.5. The largest absolute Gasteiger partial charge is 0.350 e. The summed E-state index contributed by atoms with van der Waals surface area (Å²) in [5.74, 6) is 0.400. The molecule has 2 heterocycles. The Morgan fingerprint density at radius 2 is 1.84 bits per heavy atom. The number of rotatable bonds is 6. The van der Waals surface area contributed by atoms with Crippen LogP contribution in [0.5, 0.6) is 0 Å². The van der Waals surface area contributed by atoms with Gasteiger partial charge in [0.05, 0.1) is 0 Å². The van der Waals surface area contributed by atoms with Crippen molar-refractivity contribution in [2.75, 3.05) is 11.4 Å². The van der Waals surface area contributed by atoms with Gasteiger partial charge in [0.15, 0.2) is 5.65 Å². The van der Waals surface area contributed by atoms with E-state index < -0.39 is 5.54 Å². The van der Waals surface area contributed by atoms with E-state index in [-0.39, 0.29) is 5.91 Å². The predicted octanol–water partition coefficient (Wildman–Crippen LogP) is 3.97. The van der Waals surface area contributed by atoms with Crippen LogP contribution in [0.3, 0.4) is 0 Å². The number of nitrogens with two attached hydrogens (primary N) is 1. The average molecular weight is 415 g/mol. The van der Waals surface area contributed by atoms with E-state index in [1.165, 1.54) is 0 Å². The molecule has 4 rings (SSSR count). The first-order chi connectivity index (χ1) is 14.8. The molecule has 0 saturated heterocycles. The second-order valence-corrected chi connectivity index (χ2v) is 8.31. The summed E-state index contributed by atoms with van der Waals surface area (Å²) in [6, 6.07) is 21.3. The molecule has 3 N–H and O–H groups in total. The van der Waals surface area contributed by atoms with Crippen LogP contribution in [0.1, 0.15) is 29.8 Å². The van der Waals surface area contributed by atoms with Crippen molar-refractivity contribution in [3.8, 4) is 0 Å². The van der Waals surface area contributed by atoms with E-state index in [9.17, 15) is 4.79 Å². The molecule has 158 valence electrons. The molecule has 2 aromatic carbocycles. The van der Waals surface area contributed by atoms with E-state index in [1.54, 1.807) is 16.6 Å². The van der Waals surface area contributed by atoms with Crippen LogP contribution < -0.4 is 16.0 Å². The van der Waals surface area contributed by atoms with E-state index in [2.05, 4.69) is 16.5 Å². The monoisotopic (exact) mass is 414 g/mol. The molecule has 0 spiro atoms. The number of hydrogen-bond donors (Lipinski definition) is 2. The zero-order valence-corrected chi connectivity index (χ0v) is 17.9. The fourth-order valence-electron chi connectivity index (χ4n) is 3.23. The minimum Gasteiger partial charge on any atom is -0.350 e. The van der Waals surface area contributed by atoms with Crippen molar-refractivity contribution in [2.45, 2.75) is 26.3 Å². The molecule has 0 unspecified atom stereocenters. The van der Waals surface area contributed by atoms with Crippen molar-refractivity contribution in [3.05, 3.63) is 84.1 Å². The molecule has 7 nitrogen and oxygen atoms in total. The van der Waals surface area contributed by atoms with Crippen LogP contribution in [0, 0.1) is 6.92 Å². The molecule has 0 radical (unpaired) electrons.